The van der Waals surface area contributed by atoms with Crippen LogP contribution in [0.3, 0.4) is 0 Å². The van der Waals surface area contributed by atoms with Crippen molar-refractivity contribution in [2.75, 3.05) is 0 Å². The maximum absolute atomic E-state index is 4.13. The minimum absolute atomic E-state index is 0.843. The van der Waals surface area contributed by atoms with Crippen molar-refractivity contribution in [2.45, 2.75) is 20.0 Å². The number of nitrogens with one attached hydrogen (secondary N) is 1. The van der Waals surface area contributed by atoms with Gasteiger partial charge in [0.1, 0.15) is 0 Å². The Labute approximate surface area is 95.3 Å². The molecule has 0 aliphatic heterocycles. The maximum Gasteiger partial charge on any atom is 0.0534 e. The van der Waals surface area contributed by atoms with Crippen LogP contribution in [0.15, 0.2) is 30.9 Å². The monoisotopic (exact) mass is 216 g/mol. The molecule has 0 aliphatic rings. The molecule has 0 spiro atoms. The molecule has 4 heteroatoms. The molecule has 0 bridgehead atoms. The fraction of sp³-hybridized carbons (Fsp3) is 0.333. The number of nitrogens with zero attached hydrogens (tertiary/aromatic N) is 3. The van der Waals surface area contributed by atoms with Gasteiger partial charge in [0.15, 0.2) is 0 Å². The highest BCUT2D eigenvalue weighted by atomic mass is 15.2. The summed E-state index contributed by atoms with van der Waals surface area (Å²) in [7, 11) is 1.93. The average Bonchev–Trinajstić information content (AvgIpc) is 2.67. The smallest absolute Gasteiger partial charge is 0.0534 e. The van der Waals surface area contributed by atoms with Crippen LogP contribution in [0.5, 0.6) is 0 Å². The summed E-state index contributed by atoms with van der Waals surface area (Å²) in [5.41, 5.74) is 3.72. The van der Waals surface area contributed by atoms with Crippen LogP contribution in [0.4, 0.5) is 0 Å². The largest absolute Gasteiger partial charge is 0.308 e. The Balaban J connectivity index is 1.87. The van der Waals surface area contributed by atoms with Crippen LogP contribution in [0.25, 0.3) is 0 Å². The predicted molar refractivity (Wildman–Crippen MR) is 62.7 cm³/mol. The van der Waals surface area contributed by atoms with E-state index in [2.05, 4.69) is 22.3 Å². The summed E-state index contributed by atoms with van der Waals surface area (Å²) < 4.78 is 1.81. The van der Waals surface area contributed by atoms with E-state index in [1.54, 1.807) is 0 Å². The van der Waals surface area contributed by atoms with E-state index in [0.29, 0.717) is 0 Å². The van der Waals surface area contributed by atoms with E-state index < -0.39 is 0 Å². The molecule has 16 heavy (non-hydrogen) atoms. The van der Waals surface area contributed by atoms with E-state index in [4.69, 9.17) is 0 Å². The van der Waals surface area contributed by atoms with E-state index >= 15 is 0 Å². The number of hydrogen-bond acceptors (Lipinski definition) is 3. The molecule has 0 saturated carbocycles. The maximum atomic E-state index is 4.13. The lowest BCUT2D eigenvalue weighted by molar-refractivity contribution is 0.688. The van der Waals surface area contributed by atoms with Gasteiger partial charge in [0, 0.05) is 44.3 Å². The summed E-state index contributed by atoms with van der Waals surface area (Å²) in [4.78, 5) is 4.07. The van der Waals surface area contributed by atoms with Gasteiger partial charge >= 0.3 is 0 Å². The molecule has 0 radical (unpaired) electrons. The van der Waals surface area contributed by atoms with Crippen molar-refractivity contribution in [3.8, 4) is 0 Å². The van der Waals surface area contributed by atoms with Crippen LogP contribution in [-0.2, 0) is 20.1 Å². The van der Waals surface area contributed by atoms with Crippen molar-refractivity contribution >= 4 is 0 Å². The second-order valence-electron chi connectivity index (χ2n) is 3.93. The zero-order chi connectivity index (χ0) is 11.4. The molecule has 0 aromatic carbocycles. The van der Waals surface area contributed by atoms with E-state index in [-0.39, 0.29) is 0 Å². The molecule has 2 aromatic rings. The van der Waals surface area contributed by atoms with Crippen molar-refractivity contribution < 1.29 is 0 Å². The molecule has 2 rings (SSSR count). The third-order valence-electron chi connectivity index (χ3n) is 2.54. The van der Waals surface area contributed by atoms with Gasteiger partial charge in [-0.2, -0.15) is 5.10 Å². The molecular formula is C12H16N4. The first-order chi connectivity index (χ1) is 7.75. The van der Waals surface area contributed by atoms with Gasteiger partial charge in [-0.05, 0) is 24.1 Å². The highest BCUT2D eigenvalue weighted by Crippen LogP contribution is 2.04. The zero-order valence-corrected chi connectivity index (χ0v) is 9.64. The highest BCUT2D eigenvalue weighted by Gasteiger charge is 1.98. The molecule has 1 N–H and O–H groups in total. The summed E-state index contributed by atoms with van der Waals surface area (Å²) in [6.45, 7) is 3.78. The molecular weight excluding hydrogens is 200 g/mol. The molecule has 2 aromatic heterocycles. The van der Waals surface area contributed by atoms with Gasteiger partial charge in [-0.15, -0.1) is 0 Å². The van der Waals surface area contributed by atoms with Crippen LogP contribution >= 0.6 is 0 Å². The quantitative estimate of drug-likeness (QED) is 0.840. The molecule has 0 fully saturated rings. The standard InChI is InChI=1S/C12H16N4/c1-10-5-13-4-3-12(10)8-14-6-11-7-15-16(2)9-11/h3-5,7,9,14H,6,8H2,1-2H3. The number of aryl methyl sites for hydroxylation is 2. The topological polar surface area (TPSA) is 42.7 Å². The van der Waals surface area contributed by atoms with Crippen LogP contribution in [-0.4, -0.2) is 14.8 Å². The first-order valence-electron chi connectivity index (χ1n) is 5.33. The SMILES string of the molecule is Cc1cnccc1CNCc1cnn(C)c1. The fourth-order valence-electron chi connectivity index (χ4n) is 1.61. The Kier molecular flexibility index (Phi) is 3.31. The Morgan fingerprint density at radius 2 is 2.19 bits per heavy atom. The lowest BCUT2D eigenvalue weighted by Crippen LogP contribution is -2.13. The third-order valence-corrected chi connectivity index (χ3v) is 2.54. The predicted octanol–water partition coefficient (Wildman–Crippen LogP) is 1.41. The van der Waals surface area contributed by atoms with E-state index in [9.17, 15) is 0 Å². The second kappa shape index (κ2) is 4.90. The van der Waals surface area contributed by atoms with Gasteiger partial charge < -0.3 is 5.32 Å². The van der Waals surface area contributed by atoms with Crippen molar-refractivity contribution in [1.29, 1.82) is 0 Å². The summed E-state index contributed by atoms with van der Waals surface area (Å²) >= 11 is 0. The molecule has 2 heterocycles. The number of hydrogen-bond donors (Lipinski definition) is 1. The van der Waals surface area contributed by atoms with Crippen molar-refractivity contribution in [3.05, 3.63) is 47.5 Å². The van der Waals surface area contributed by atoms with Crippen molar-refractivity contribution in [2.24, 2.45) is 7.05 Å². The first kappa shape index (κ1) is 10.8. The van der Waals surface area contributed by atoms with Crippen molar-refractivity contribution in [3.63, 3.8) is 0 Å². The highest BCUT2D eigenvalue weighted by molar-refractivity contribution is 5.21. The first-order valence-corrected chi connectivity index (χ1v) is 5.33. The number of rotatable bonds is 4. The third kappa shape index (κ3) is 2.67. The van der Waals surface area contributed by atoms with Crippen LogP contribution in [0, 0.1) is 6.92 Å². The van der Waals surface area contributed by atoms with E-state index in [1.165, 1.54) is 16.7 Å². The van der Waals surface area contributed by atoms with Crippen LogP contribution < -0.4 is 5.32 Å². The average molecular weight is 216 g/mol. The van der Waals surface area contributed by atoms with Crippen LogP contribution in [0.2, 0.25) is 0 Å². The molecule has 0 atom stereocenters. The van der Waals surface area contributed by atoms with Gasteiger partial charge in [-0.25, -0.2) is 0 Å². The zero-order valence-electron chi connectivity index (χ0n) is 9.64. The van der Waals surface area contributed by atoms with Gasteiger partial charge in [-0.1, -0.05) is 0 Å². The Morgan fingerprint density at radius 1 is 1.31 bits per heavy atom. The summed E-state index contributed by atoms with van der Waals surface area (Å²) in [5, 5.41) is 7.52. The number of pyridine rings is 1. The second-order valence-corrected chi connectivity index (χ2v) is 3.93. The van der Waals surface area contributed by atoms with Gasteiger partial charge in [-0.3, -0.25) is 9.67 Å². The molecule has 84 valence electrons. The molecule has 0 unspecified atom stereocenters. The van der Waals surface area contributed by atoms with E-state index in [0.717, 1.165) is 13.1 Å². The summed E-state index contributed by atoms with van der Waals surface area (Å²) in [6, 6.07) is 2.05. The lowest BCUT2D eigenvalue weighted by atomic mass is 10.1. The van der Waals surface area contributed by atoms with Gasteiger partial charge in [0.25, 0.3) is 0 Å². The summed E-state index contributed by atoms with van der Waals surface area (Å²) in [6.07, 6.45) is 7.62. The lowest BCUT2D eigenvalue weighted by Gasteiger charge is -2.05. The minimum Gasteiger partial charge on any atom is -0.308 e. The van der Waals surface area contributed by atoms with Gasteiger partial charge in [0.2, 0.25) is 0 Å². The Hall–Kier alpha value is -1.68. The normalized spacial score (nSPS) is 10.6. The van der Waals surface area contributed by atoms with E-state index in [1.807, 2.05) is 42.6 Å². The fourth-order valence-corrected chi connectivity index (χ4v) is 1.61. The molecule has 0 amide bonds. The van der Waals surface area contributed by atoms with Crippen LogP contribution in [0.1, 0.15) is 16.7 Å². The molecule has 4 nitrogen and oxygen atoms in total. The minimum atomic E-state index is 0.843. The Morgan fingerprint density at radius 3 is 2.88 bits per heavy atom. The summed E-state index contributed by atoms with van der Waals surface area (Å²) in [5.74, 6) is 0. The van der Waals surface area contributed by atoms with Crippen molar-refractivity contribution in [1.82, 2.24) is 20.1 Å². The van der Waals surface area contributed by atoms with Gasteiger partial charge in [0.05, 0.1) is 6.20 Å². The molecule has 0 aliphatic carbocycles. The number of aromatic nitrogens is 3. The Bertz CT molecular complexity index is 462. The molecule has 0 saturated heterocycles.